The average molecular weight is 318 g/mol. The first kappa shape index (κ1) is 16.2. The smallest absolute Gasteiger partial charge is 0.238 e. The Kier molecular flexibility index (Phi) is 4.95. The maximum absolute atomic E-state index is 12.0. The number of hydrogen-bond donors (Lipinski definition) is 2. The van der Waals surface area contributed by atoms with E-state index in [4.69, 9.17) is 5.14 Å². The second-order valence-corrected chi connectivity index (χ2v) is 6.69. The highest BCUT2D eigenvalue weighted by Crippen LogP contribution is 2.20. The van der Waals surface area contributed by atoms with Crippen molar-refractivity contribution in [1.29, 1.82) is 0 Å². The molecule has 0 saturated carbocycles. The number of carbonyl (C=O) groups excluding carboxylic acids is 1. The fraction of sp³-hybridized carbons (Fsp3) is 0.188. The highest BCUT2D eigenvalue weighted by molar-refractivity contribution is 7.89. The highest BCUT2D eigenvalue weighted by atomic mass is 32.2. The van der Waals surface area contributed by atoms with Crippen molar-refractivity contribution in [2.45, 2.75) is 24.2 Å². The normalized spacial score (nSPS) is 12.6. The average Bonchev–Trinajstić information content (AvgIpc) is 2.47. The van der Waals surface area contributed by atoms with E-state index >= 15 is 0 Å². The van der Waals surface area contributed by atoms with Gasteiger partial charge in [-0.05, 0) is 35.7 Å². The van der Waals surface area contributed by atoms with Crippen molar-refractivity contribution in [3.8, 4) is 0 Å². The van der Waals surface area contributed by atoms with Crippen molar-refractivity contribution >= 4 is 21.6 Å². The van der Waals surface area contributed by atoms with Crippen LogP contribution in [0.25, 0.3) is 0 Å². The molecule has 5 nitrogen and oxygen atoms in total. The summed E-state index contributed by atoms with van der Waals surface area (Å²) in [4.78, 5) is 12.0. The van der Waals surface area contributed by atoms with Crippen molar-refractivity contribution in [3.63, 3.8) is 0 Å². The second kappa shape index (κ2) is 6.72. The molecule has 1 atom stereocenters. The molecule has 1 unspecified atom stereocenters. The fourth-order valence-corrected chi connectivity index (χ4v) is 2.63. The van der Waals surface area contributed by atoms with Crippen LogP contribution in [0.4, 0.5) is 5.69 Å². The van der Waals surface area contributed by atoms with Crippen molar-refractivity contribution in [2.75, 3.05) is 5.32 Å². The quantitative estimate of drug-likeness (QED) is 0.887. The Labute approximate surface area is 130 Å². The van der Waals surface area contributed by atoms with E-state index < -0.39 is 10.0 Å². The first-order valence-electron chi connectivity index (χ1n) is 6.84. The summed E-state index contributed by atoms with van der Waals surface area (Å²) in [5.41, 5.74) is 1.64. The molecule has 6 heteroatoms. The van der Waals surface area contributed by atoms with Gasteiger partial charge < -0.3 is 5.32 Å². The Morgan fingerprint density at radius 1 is 1.09 bits per heavy atom. The van der Waals surface area contributed by atoms with Gasteiger partial charge in [-0.15, -0.1) is 0 Å². The Hall–Kier alpha value is -2.18. The maximum atomic E-state index is 12.0. The molecule has 0 bridgehead atoms. The standard InChI is InChI=1S/C16H18N2O3S/c1-12(13-5-3-2-4-6-13)11-16(19)18-14-7-9-15(10-8-14)22(17,20)21/h2-10,12H,11H2,1H3,(H,18,19)(H2,17,20,21). The molecule has 3 N–H and O–H groups in total. The number of rotatable bonds is 5. The Morgan fingerprint density at radius 3 is 2.23 bits per heavy atom. The number of primary sulfonamides is 1. The molecule has 116 valence electrons. The summed E-state index contributed by atoms with van der Waals surface area (Å²) >= 11 is 0. The lowest BCUT2D eigenvalue weighted by Crippen LogP contribution is -2.15. The number of carbonyl (C=O) groups is 1. The Bertz CT molecular complexity index is 741. The predicted molar refractivity (Wildman–Crippen MR) is 85.9 cm³/mol. The van der Waals surface area contributed by atoms with Gasteiger partial charge in [-0.3, -0.25) is 4.79 Å². The molecule has 2 aromatic rings. The van der Waals surface area contributed by atoms with Gasteiger partial charge in [0.1, 0.15) is 0 Å². The van der Waals surface area contributed by atoms with Crippen LogP contribution in [0.3, 0.4) is 0 Å². The third kappa shape index (κ3) is 4.41. The van der Waals surface area contributed by atoms with Crippen LogP contribution in [0.2, 0.25) is 0 Å². The molecule has 0 aliphatic rings. The van der Waals surface area contributed by atoms with Crippen molar-refractivity contribution in [1.82, 2.24) is 0 Å². The largest absolute Gasteiger partial charge is 0.326 e. The van der Waals surface area contributed by atoms with Gasteiger partial charge >= 0.3 is 0 Å². The monoisotopic (exact) mass is 318 g/mol. The van der Waals surface area contributed by atoms with Gasteiger partial charge in [0.25, 0.3) is 0 Å². The van der Waals surface area contributed by atoms with Crippen molar-refractivity contribution in [3.05, 3.63) is 60.2 Å². The fourth-order valence-electron chi connectivity index (χ4n) is 2.12. The minimum atomic E-state index is -3.72. The first-order chi connectivity index (χ1) is 10.4. The van der Waals surface area contributed by atoms with Gasteiger partial charge in [0.2, 0.25) is 15.9 Å². The molecular weight excluding hydrogens is 300 g/mol. The van der Waals surface area contributed by atoms with E-state index in [1.54, 1.807) is 0 Å². The molecule has 0 heterocycles. The first-order valence-corrected chi connectivity index (χ1v) is 8.38. The van der Waals surface area contributed by atoms with Crippen LogP contribution in [0.15, 0.2) is 59.5 Å². The number of amides is 1. The van der Waals surface area contributed by atoms with Crippen LogP contribution in [-0.4, -0.2) is 14.3 Å². The summed E-state index contributed by atoms with van der Waals surface area (Å²) in [5, 5.41) is 7.77. The summed E-state index contributed by atoms with van der Waals surface area (Å²) < 4.78 is 22.3. The number of sulfonamides is 1. The van der Waals surface area contributed by atoms with E-state index in [0.717, 1.165) is 5.56 Å². The van der Waals surface area contributed by atoms with Gasteiger partial charge in [0.15, 0.2) is 0 Å². The maximum Gasteiger partial charge on any atom is 0.238 e. The highest BCUT2D eigenvalue weighted by Gasteiger charge is 2.12. The van der Waals surface area contributed by atoms with Gasteiger partial charge in [-0.1, -0.05) is 37.3 Å². The lowest BCUT2D eigenvalue weighted by atomic mass is 9.97. The van der Waals surface area contributed by atoms with E-state index in [1.165, 1.54) is 24.3 Å². The molecule has 1 amide bonds. The molecule has 0 aromatic heterocycles. The second-order valence-electron chi connectivity index (χ2n) is 5.13. The third-order valence-corrected chi connectivity index (χ3v) is 4.26. The minimum absolute atomic E-state index is 0.0168. The van der Waals surface area contributed by atoms with Crippen LogP contribution in [-0.2, 0) is 14.8 Å². The molecule has 0 aliphatic heterocycles. The van der Waals surface area contributed by atoms with Gasteiger partial charge in [0, 0.05) is 12.1 Å². The summed E-state index contributed by atoms with van der Waals surface area (Å²) in [6.07, 6.45) is 0.348. The number of benzene rings is 2. The lowest BCUT2D eigenvalue weighted by molar-refractivity contribution is -0.116. The van der Waals surface area contributed by atoms with Crippen LogP contribution in [0, 0.1) is 0 Å². The zero-order valence-corrected chi connectivity index (χ0v) is 13.0. The van der Waals surface area contributed by atoms with E-state index in [-0.39, 0.29) is 16.7 Å². The molecule has 0 fully saturated rings. The summed E-state index contributed by atoms with van der Waals surface area (Å²) in [5.74, 6) is -0.0235. The summed E-state index contributed by atoms with van der Waals surface area (Å²) in [6.45, 7) is 1.99. The van der Waals surface area contributed by atoms with E-state index in [0.29, 0.717) is 12.1 Å². The van der Waals surface area contributed by atoms with Gasteiger partial charge in [0.05, 0.1) is 4.90 Å². The summed E-state index contributed by atoms with van der Waals surface area (Å²) in [6, 6.07) is 15.6. The molecular formula is C16H18N2O3S. The van der Waals surface area contributed by atoms with Crippen molar-refractivity contribution < 1.29 is 13.2 Å². The molecule has 0 saturated heterocycles. The van der Waals surface area contributed by atoms with Gasteiger partial charge in [-0.25, -0.2) is 13.6 Å². The van der Waals surface area contributed by atoms with E-state index in [1.807, 2.05) is 37.3 Å². The predicted octanol–water partition coefficient (Wildman–Crippen LogP) is 2.47. The third-order valence-electron chi connectivity index (χ3n) is 3.33. The van der Waals surface area contributed by atoms with Crippen LogP contribution in [0.5, 0.6) is 0 Å². The number of anilines is 1. The Balaban J connectivity index is 1.98. The van der Waals surface area contributed by atoms with Crippen LogP contribution in [0.1, 0.15) is 24.8 Å². The van der Waals surface area contributed by atoms with Crippen molar-refractivity contribution in [2.24, 2.45) is 5.14 Å². The van der Waals surface area contributed by atoms with Gasteiger partial charge in [-0.2, -0.15) is 0 Å². The molecule has 0 radical (unpaired) electrons. The minimum Gasteiger partial charge on any atom is -0.326 e. The van der Waals surface area contributed by atoms with E-state index in [9.17, 15) is 13.2 Å². The number of hydrogen-bond acceptors (Lipinski definition) is 3. The summed E-state index contributed by atoms with van der Waals surface area (Å²) in [7, 11) is -3.72. The topological polar surface area (TPSA) is 89.3 Å². The zero-order valence-electron chi connectivity index (χ0n) is 12.2. The van der Waals surface area contributed by atoms with E-state index in [2.05, 4.69) is 5.32 Å². The number of nitrogens with two attached hydrogens (primary N) is 1. The SMILES string of the molecule is CC(CC(=O)Nc1ccc(S(N)(=O)=O)cc1)c1ccccc1. The number of nitrogens with one attached hydrogen (secondary N) is 1. The molecule has 22 heavy (non-hydrogen) atoms. The zero-order chi connectivity index (χ0) is 16.2. The Morgan fingerprint density at radius 2 is 1.68 bits per heavy atom. The lowest BCUT2D eigenvalue weighted by Gasteiger charge is -2.12. The molecule has 2 aromatic carbocycles. The molecule has 0 aliphatic carbocycles. The van der Waals surface area contributed by atoms with Crippen LogP contribution >= 0.6 is 0 Å². The van der Waals surface area contributed by atoms with Crippen LogP contribution < -0.4 is 10.5 Å². The molecule has 2 rings (SSSR count). The molecule has 0 spiro atoms.